The molecule has 1 saturated carbocycles. The summed E-state index contributed by atoms with van der Waals surface area (Å²) in [7, 11) is 0. The molecule has 31 heavy (non-hydrogen) atoms. The number of fused-ring (bicyclic) bond motifs is 2. The monoisotopic (exact) mass is 415 g/mol. The molecular formula is C26H25NO4. The van der Waals surface area contributed by atoms with Crippen molar-refractivity contribution < 1.29 is 19.1 Å². The summed E-state index contributed by atoms with van der Waals surface area (Å²) in [5.41, 5.74) is 4.05. The van der Waals surface area contributed by atoms with E-state index in [4.69, 9.17) is 14.1 Å². The summed E-state index contributed by atoms with van der Waals surface area (Å²) < 4.78 is 12.0. The molecule has 1 aliphatic carbocycles. The van der Waals surface area contributed by atoms with Crippen LogP contribution in [-0.2, 0) is 6.42 Å². The van der Waals surface area contributed by atoms with Crippen molar-refractivity contribution in [3.05, 3.63) is 59.9 Å². The van der Waals surface area contributed by atoms with Crippen LogP contribution < -0.4 is 4.74 Å². The van der Waals surface area contributed by atoms with Gasteiger partial charge in [0.1, 0.15) is 17.6 Å². The number of ether oxygens (including phenoxy) is 1. The van der Waals surface area contributed by atoms with E-state index in [0.717, 1.165) is 54.2 Å². The standard InChI is InChI=1S/C26H25NO4/c1-2-16-12-13-23(31-17-8-4-3-5-9-17)24-19(26(28)29)14-21(27-25(16)24)20-15-30-22-11-7-6-10-18(20)22/h6-7,10-15,17H,2-5,8-9H2,1H3,(H,28,29). The molecular weight excluding hydrogens is 390 g/mol. The number of para-hydroxylation sites is 1. The van der Waals surface area contributed by atoms with Gasteiger partial charge in [0.2, 0.25) is 0 Å². The highest BCUT2D eigenvalue weighted by Gasteiger charge is 2.23. The predicted octanol–water partition coefficient (Wildman–Crippen LogP) is 6.62. The molecule has 0 atom stereocenters. The minimum Gasteiger partial charge on any atom is -0.490 e. The van der Waals surface area contributed by atoms with Crippen molar-refractivity contribution in [2.24, 2.45) is 0 Å². The highest BCUT2D eigenvalue weighted by Crippen LogP contribution is 2.37. The second kappa shape index (κ2) is 8.06. The van der Waals surface area contributed by atoms with Crippen LogP contribution in [0.3, 0.4) is 0 Å². The first-order valence-corrected chi connectivity index (χ1v) is 11.0. The Labute approximate surface area is 180 Å². The normalized spacial score (nSPS) is 14.9. The topological polar surface area (TPSA) is 72.6 Å². The van der Waals surface area contributed by atoms with Gasteiger partial charge in [-0.3, -0.25) is 0 Å². The Morgan fingerprint density at radius 2 is 1.97 bits per heavy atom. The average molecular weight is 415 g/mol. The minimum atomic E-state index is -0.983. The lowest BCUT2D eigenvalue weighted by Crippen LogP contribution is -2.20. The maximum absolute atomic E-state index is 12.3. The van der Waals surface area contributed by atoms with Gasteiger partial charge in [-0.2, -0.15) is 0 Å². The van der Waals surface area contributed by atoms with Crippen LogP contribution in [0.1, 0.15) is 54.9 Å². The summed E-state index contributed by atoms with van der Waals surface area (Å²) in [6.45, 7) is 2.05. The smallest absolute Gasteiger partial charge is 0.336 e. The van der Waals surface area contributed by atoms with Crippen molar-refractivity contribution in [2.75, 3.05) is 0 Å². The van der Waals surface area contributed by atoms with Crippen molar-refractivity contribution in [1.82, 2.24) is 4.98 Å². The number of benzene rings is 2. The zero-order valence-electron chi connectivity index (χ0n) is 17.6. The molecule has 0 spiro atoms. The number of aromatic nitrogens is 1. The molecule has 1 fully saturated rings. The van der Waals surface area contributed by atoms with Crippen LogP contribution in [-0.4, -0.2) is 22.2 Å². The van der Waals surface area contributed by atoms with Crippen LogP contribution >= 0.6 is 0 Å². The van der Waals surface area contributed by atoms with Gasteiger partial charge in [-0.25, -0.2) is 9.78 Å². The van der Waals surface area contributed by atoms with E-state index < -0.39 is 5.97 Å². The van der Waals surface area contributed by atoms with Crippen LogP contribution in [0.15, 0.2) is 53.1 Å². The number of pyridine rings is 1. The quantitative estimate of drug-likeness (QED) is 0.396. The minimum absolute atomic E-state index is 0.128. The first-order valence-electron chi connectivity index (χ1n) is 11.0. The van der Waals surface area contributed by atoms with E-state index in [9.17, 15) is 9.90 Å². The van der Waals surface area contributed by atoms with E-state index >= 15 is 0 Å². The summed E-state index contributed by atoms with van der Waals surface area (Å²) in [5, 5.41) is 11.6. The molecule has 0 bridgehead atoms. The number of rotatable bonds is 5. The van der Waals surface area contributed by atoms with E-state index in [1.165, 1.54) is 6.42 Å². The summed E-state index contributed by atoms with van der Waals surface area (Å²) in [5.74, 6) is -0.365. The predicted molar refractivity (Wildman–Crippen MR) is 121 cm³/mol. The number of carboxylic acids is 1. The van der Waals surface area contributed by atoms with Crippen LogP contribution in [0.25, 0.3) is 33.1 Å². The van der Waals surface area contributed by atoms with Crippen LogP contribution in [0.4, 0.5) is 0 Å². The van der Waals surface area contributed by atoms with Crippen molar-refractivity contribution >= 4 is 27.8 Å². The van der Waals surface area contributed by atoms with Crippen molar-refractivity contribution in [2.45, 2.75) is 51.6 Å². The molecule has 5 heteroatoms. The molecule has 0 aliphatic heterocycles. The molecule has 4 aromatic rings. The Morgan fingerprint density at radius 1 is 1.16 bits per heavy atom. The molecule has 2 heterocycles. The van der Waals surface area contributed by atoms with E-state index in [-0.39, 0.29) is 11.7 Å². The zero-order valence-corrected chi connectivity index (χ0v) is 17.6. The number of aryl methyl sites for hydroxylation is 1. The van der Waals surface area contributed by atoms with E-state index in [1.807, 2.05) is 36.4 Å². The highest BCUT2D eigenvalue weighted by atomic mass is 16.5. The second-order valence-corrected chi connectivity index (χ2v) is 8.18. The van der Waals surface area contributed by atoms with Gasteiger partial charge in [0.15, 0.2) is 0 Å². The van der Waals surface area contributed by atoms with Gasteiger partial charge in [0.25, 0.3) is 0 Å². The van der Waals surface area contributed by atoms with E-state index in [1.54, 1.807) is 12.3 Å². The maximum atomic E-state index is 12.3. The molecule has 0 radical (unpaired) electrons. The summed E-state index contributed by atoms with van der Waals surface area (Å²) in [6.07, 6.45) is 8.08. The van der Waals surface area contributed by atoms with Gasteiger partial charge in [-0.05, 0) is 55.9 Å². The van der Waals surface area contributed by atoms with Gasteiger partial charge in [0, 0.05) is 10.9 Å². The van der Waals surface area contributed by atoms with Gasteiger partial charge in [-0.15, -0.1) is 0 Å². The van der Waals surface area contributed by atoms with Gasteiger partial charge >= 0.3 is 5.97 Å². The lowest BCUT2D eigenvalue weighted by molar-refractivity contribution is 0.0698. The molecule has 0 amide bonds. The summed E-state index contributed by atoms with van der Waals surface area (Å²) in [4.78, 5) is 17.3. The largest absolute Gasteiger partial charge is 0.490 e. The number of carbonyl (C=O) groups is 1. The number of hydrogen-bond acceptors (Lipinski definition) is 4. The molecule has 0 unspecified atom stereocenters. The molecule has 0 saturated heterocycles. The summed E-state index contributed by atoms with van der Waals surface area (Å²) >= 11 is 0. The lowest BCUT2D eigenvalue weighted by atomic mass is 9.97. The molecule has 2 aromatic carbocycles. The number of furan rings is 1. The summed E-state index contributed by atoms with van der Waals surface area (Å²) in [6, 6.07) is 13.3. The third-order valence-corrected chi connectivity index (χ3v) is 6.22. The number of aromatic carboxylic acids is 1. The van der Waals surface area contributed by atoms with Gasteiger partial charge in [0.05, 0.1) is 28.3 Å². The maximum Gasteiger partial charge on any atom is 0.336 e. The first-order chi connectivity index (χ1) is 15.2. The van der Waals surface area contributed by atoms with E-state index in [0.29, 0.717) is 22.3 Å². The average Bonchev–Trinajstić information content (AvgIpc) is 3.23. The van der Waals surface area contributed by atoms with E-state index in [2.05, 4.69) is 6.92 Å². The molecule has 5 nitrogen and oxygen atoms in total. The lowest BCUT2D eigenvalue weighted by Gasteiger charge is -2.24. The SMILES string of the molecule is CCc1ccc(OC2CCCCC2)c2c(C(=O)O)cc(-c3coc4ccccc34)nc12. The van der Waals surface area contributed by atoms with Crippen molar-refractivity contribution in [1.29, 1.82) is 0 Å². The Kier molecular flexibility index (Phi) is 5.10. The van der Waals surface area contributed by atoms with Gasteiger partial charge < -0.3 is 14.3 Å². The third kappa shape index (κ3) is 3.54. The number of nitrogens with zero attached hydrogens (tertiary/aromatic N) is 1. The van der Waals surface area contributed by atoms with Gasteiger partial charge in [-0.1, -0.05) is 37.6 Å². The Bertz CT molecular complexity index is 1270. The number of hydrogen-bond donors (Lipinski definition) is 1. The molecule has 1 aliphatic rings. The van der Waals surface area contributed by atoms with Crippen LogP contribution in [0, 0.1) is 0 Å². The fourth-order valence-electron chi connectivity index (χ4n) is 4.59. The first kappa shape index (κ1) is 19.6. The molecule has 1 N–H and O–H groups in total. The highest BCUT2D eigenvalue weighted by molar-refractivity contribution is 6.08. The Hall–Kier alpha value is -3.34. The number of carboxylic acid groups (broad SMARTS) is 1. The Balaban J connectivity index is 1.72. The molecule has 2 aromatic heterocycles. The molecule has 158 valence electrons. The second-order valence-electron chi connectivity index (χ2n) is 8.18. The van der Waals surface area contributed by atoms with Crippen molar-refractivity contribution in [3.63, 3.8) is 0 Å². The zero-order chi connectivity index (χ0) is 21.4. The fraction of sp³-hybridized carbons (Fsp3) is 0.308. The van der Waals surface area contributed by atoms with Crippen LogP contribution in [0.2, 0.25) is 0 Å². The van der Waals surface area contributed by atoms with Crippen LogP contribution in [0.5, 0.6) is 5.75 Å². The molecule has 5 rings (SSSR count). The third-order valence-electron chi connectivity index (χ3n) is 6.22. The Morgan fingerprint density at radius 3 is 2.74 bits per heavy atom. The van der Waals surface area contributed by atoms with Crippen molar-refractivity contribution in [3.8, 4) is 17.0 Å². The fourth-order valence-corrected chi connectivity index (χ4v) is 4.59.